The molecule has 1 saturated heterocycles. The number of carboxylic acids is 1. The van der Waals surface area contributed by atoms with Gasteiger partial charge in [0.15, 0.2) is 0 Å². The molecule has 0 aromatic rings. The van der Waals surface area contributed by atoms with Gasteiger partial charge in [-0.15, -0.1) is 0 Å². The van der Waals surface area contributed by atoms with Gasteiger partial charge in [-0.1, -0.05) is 0 Å². The van der Waals surface area contributed by atoms with Gasteiger partial charge in [0, 0.05) is 19.1 Å². The van der Waals surface area contributed by atoms with E-state index in [-0.39, 0.29) is 12.5 Å². The molecule has 0 aliphatic carbocycles. The van der Waals surface area contributed by atoms with Crippen molar-refractivity contribution >= 4 is 5.97 Å². The first-order valence-corrected chi connectivity index (χ1v) is 4.77. The Bertz CT molecular complexity index is 172. The fourth-order valence-electron chi connectivity index (χ4n) is 1.53. The van der Waals surface area contributed by atoms with Crippen molar-refractivity contribution in [3.63, 3.8) is 0 Å². The van der Waals surface area contributed by atoms with Crippen molar-refractivity contribution in [2.45, 2.75) is 38.3 Å². The van der Waals surface area contributed by atoms with Crippen molar-refractivity contribution in [2.24, 2.45) is 0 Å². The Labute approximate surface area is 78.3 Å². The normalized spacial score (nSPS) is 27.8. The van der Waals surface area contributed by atoms with Gasteiger partial charge in [0.05, 0.1) is 6.10 Å². The van der Waals surface area contributed by atoms with E-state index in [1.165, 1.54) is 0 Å². The zero-order valence-corrected chi connectivity index (χ0v) is 7.95. The molecule has 1 aliphatic rings. The molecule has 0 spiro atoms. The summed E-state index contributed by atoms with van der Waals surface area (Å²) < 4.78 is 5.36. The number of ether oxygens (including phenoxy) is 1. The van der Waals surface area contributed by atoms with Crippen LogP contribution in [0.1, 0.15) is 26.2 Å². The summed E-state index contributed by atoms with van der Waals surface area (Å²) in [6, 6.07) is 0.411. The van der Waals surface area contributed by atoms with Crippen LogP contribution in [0.5, 0.6) is 0 Å². The molecule has 4 heteroatoms. The maximum absolute atomic E-state index is 10.2. The second kappa shape index (κ2) is 5.19. The van der Waals surface area contributed by atoms with Crippen LogP contribution in [0.3, 0.4) is 0 Å². The standard InChI is InChI=1S/C9H17NO3/c1-7-8(4-6-13-7)10-5-2-3-9(11)12/h7-8,10H,2-6H2,1H3,(H,11,12). The molecular weight excluding hydrogens is 170 g/mol. The summed E-state index contributed by atoms with van der Waals surface area (Å²) in [7, 11) is 0. The van der Waals surface area contributed by atoms with Gasteiger partial charge in [0.1, 0.15) is 0 Å². The molecule has 4 nitrogen and oxygen atoms in total. The monoisotopic (exact) mass is 187 g/mol. The van der Waals surface area contributed by atoms with E-state index in [9.17, 15) is 4.79 Å². The molecule has 2 N–H and O–H groups in total. The van der Waals surface area contributed by atoms with Crippen LogP contribution >= 0.6 is 0 Å². The number of aliphatic carboxylic acids is 1. The van der Waals surface area contributed by atoms with Crippen molar-refractivity contribution in [1.29, 1.82) is 0 Å². The highest BCUT2D eigenvalue weighted by Crippen LogP contribution is 2.12. The van der Waals surface area contributed by atoms with Gasteiger partial charge in [0.25, 0.3) is 0 Å². The topological polar surface area (TPSA) is 58.6 Å². The molecule has 0 amide bonds. The van der Waals surface area contributed by atoms with Crippen LogP contribution in [0.25, 0.3) is 0 Å². The Morgan fingerprint density at radius 3 is 3.00 bits per heavy atom. The minimum Gasteiger partial charge on any atom is -0.481 e. The van der Waals surface area contributed by atoms with Gasteiger partial charge in [-0.05, 0) is 26.3 Å². The summed E-state index contributed by atoms with van der Waals surface area (Å²) in [5, 5.41) is 11.7. The van der Waals surface area contributed by atoms with Crippen LogP contribution in [0.15, 0.2) is 0 Å². The Morgan fingerprint density at radius 2 is 2.46 bits per heavy atom. The molecule has 0 radical (unpaired) electrons. The SMILES string of the molecule is CC1OCCC1NCCCC(=O)O. The Balaban J connectivity index is 2.02. The minimum atomic E-state index is -0.725. The molecule has 2 unspecified atom stereocenters. The summed E-state index contributed by atoms with van der Waals surface area (Å²) in [4.78, 5) is 10.2. The molecule has 76 valence electrons. The average Bonchev–Trinajstić information content (AvgIpc) is 2.45. The summed E-state index contributed by atoms with van der Waals surface area (Å²) in [6.45, 7) is 3.63. The zero-order valence-electron chi connectivity index (χ0n) is 7.95. The van der Waals surface area contributed by atoms with Crippen molar-refractivity contribution in [2.75, 3.05) is 13.2 Å². The van der Waals surface area contributed by atoms with Crippen LogP contribution < -0.4 is 5.32 Å². The lowest BCUT2D eigenvalue weighted by atomic mass is 10.1. The Kier molecular flexibility index (Phi) is 4.18. The molecule has 1 heterocycles. The van der Waals surface area contributed by atoms with Crippen LogP contribution in [-0.2, 0) is 9.53 Å². The van der Waals surface area contributed by atoms with E-state index in [0.717, 1.165) is 19.6 Å². The fourth-order valence-corrected chi connectivity index (χ4v) is 1.53. The van der Waals surface area contributed by atoms with Crippen molar-refractivity contribution < 1.29 is 14.6 Å². The third-order valence-corrected chi connectivity index (χ3v) is 2.35. The van der Waals surface area contributed by atoms with Gasteiger partial charge in [0.2, 0.25) is 0 Å². The lowest BCUT2D eigenvalue weighted by molar-refractivity contribution is -0.137. The van der Waals surface area contributed by atoms with Gasteiger partial charge in [-0.2, -0.15) is 0 Å². The maximum Gasteiger partial charge on any atom is 0.303 e. The van der Waals surface area contributed by atoms with Crippen LogP contribution in [0.4, 0.5) is 0 Å². The van der Waals surface area contributed by atoms with Gasteiger partial charge >= 0.3 is 5.97 Å². The molecule has 1 fully saturated rings. The van der Waals surface area contributed by atoms with Gasteiger partial charge < -0.3 is 15.2 Å². The van der Waals surface area contributed by atoms with Gasteiger partial charge in [-0.25, -0.2) is 0 Å². The average molecular weight is 187 g/mol. The molecule has 1 aliphatic heterocycles. The van der Waals surface area contributed by atoms with Crippen molar-refractivity contribution in [3.05, 3.63) is 0 Å². The molecule has 13 heavy (non-hydrogen) atoms. The summed E-state index contributed by atoms with van der Waals surface area (Å²) in [5.74, 6) is -0.725. The molecular formula is C9H17NO3. The minimum absolute atomic E-state index is 0.245. The van der Waals surface area contributed by atoms with E-state index >= 15 is 0 Å². The predicted octanol–water partition coefficient (Wildman–Crippen LogP) is 0.618. The maximum atomic E-state index is 10.2. The second-order valence-corrected chi connectivity index (χ2v) is 3.42. The van der Waals surface area contributed by atoms with Crippen LogP contribution in [-0.4, -0.2) is 36.4 Å². The molecule has 1 rings (SSSR count). The number of carbonyl (C=O) groups is 1. The fraction of sp³-hybridized carbons (Fsp3) is 0.889. The van der Waals surface area contributed by atoms with E-state index in [0.29, 0.717) is 12.5 Å². The predicted molar refractivity (Wildman–Crippen MR) is 48.7 cm³/mol. The Hall–Kier alpha value is -0.610. The third kappa shape index (κ3) is 3.74. The van der Waals surface area contributed by atoms with E-state index < -0.39 is 5.97 Å². The van der Waals surface area contributed by atoms with E-state index in [2.05, 4.69) is 5.32 Å². The molecule has 0 bridgehead atoms. The molecule has 2 atom stereocenters. The highest BCUT2D eigenvalue weighted by atomic mass is 16.5. The number of nitrogens with one attached hydrogen (secondary N) is 1. The quantitative estimate of drug-likeness (QED) is 0.619. The number of carboxylic acid groups (broad SMARTS) is 1. The van der Waals surface area contributed by atoms with Gasteiger partial charge in [-0.3, -0.25) is 4.79 Å². The largest absolute Gasteiger partial charge is 0.481 e. The lowest BCUT2D eigenvalue weighted by Crippen LogP contribution is -2.35. The van der Waals surface area contributed by atoms with Crippen molar-refractivity contribution in [1.82, 2.24) is 5.32 Å². The molecule has 0 aromatic heterocycles. The van der Waals surface area contributed by atoms with Crippen LogP contribution in [0.2, 0.25) is 0 Å². The molecule has 0 aromatic carbocycles. The van der Waals surface area contributed by atoms with Crippen LogP contribution in [0, 0.1) is 0 Å². The highest BCUT2D eigenvalue weighted by molar-refractivity contribution is 5.66. The lowest BCUT2D eigenvalue weighted by Gasteiger charge is -2.15. The van der Waals surface area contributed by atoms with E-state index in [4.69, 9.17) is 9.84 Å². The smallest absolute Gasteiger partial charge is 0.303 e. The first-order chi connectivity index (χ1) is 6.20. The van der Waals surface area contributed by atoms with E-state index in [1.807, 2.05) is 6.92 Å². The summed E-state index contributed by atoms with van der Waals surface area (Å²) in [6.07, 6.45) is 2.24. The number of hydrogen-bond donors (Lipinski definition) is 2. The first-order valence-electron chi connectivity index (χ1n) is 4.77. The second-order valence-electron chi connectivity index (χ2n) is 3.42. The molecule has 0 saturated carbocycles. The zero-order chi connectivity index (χ0) is 9.68. The summed E-state index contributed by atoms with van der Waals surface area (Å²) in [5.41, 5.74) is 0. The third-order valence-electron chi connectivity index (χ3n) is 2.35. The van der Waals surface area contributed by atoms with Crippen molar-refractivity contribution in [3.8, 4) is 0 Å². The number of rotatable bonds is 5. The summed E-state index contributed by atoms with van der Waals surface area (Å²) >= 11 is 0. The highest BCUT2D eigenvalue weighted by Gasteiger charge is 2.22. The Morgan fingerprint density at radius 1 is 1.69 bits per heavy atom. The number of hydrogen-bond acceptors (Lipinski definition) is 3. The first kappa shape index (κ1) is 10.5. The van der Waals surface area contributed by atoms with E-state index in [1.54, 1.807) is 0 Å².